The van der Waals surface area contributed by atoms with Crippen molar-refractivity contribution in [2.45, 2.75) is 39.7 Å². The first kappa shape index (κ1) is 14.5. The van der Waals surface area contributed by atoms with E-state index in [1.165, 1.54) is 30.5 Å². The van der Waals surface area contributed by atoms with Gasteiger partial charge in [-0.3, -0.25) is 4.90 Å². The zero-order chi connectivity index (χ0) is 13.8. The Balaban J connectivity index is 2.15. The second-order valence-corrected chi connectivity index (χ2v) is 6.20. The van der Waals surface area contributed by atoms with Crippen LogP contribution in [-0.4, -0.2) is 24.5 Å². The molecule has 2 heteroatoms. The van der Waals surface area contributed by atoms with Crippen molar-refractivity contribution >= 4 is 0 Å². The first-order valence-electron chi connectivity index (χ1n) is 7.68. The molecule has 2 unspecified atom stereocenters. The summed E-state index contributed by atoms with van der Waals surface area (Å²) < 4.78 is 0. The lowest BCUT2D eigenvalue weighted by Crippen LogP contribution is -2.28. The van der Waals surface area contributed by atoms with Crippen LogP contribution in [0.25, 0.3) is 0 Å². The summed E-state index contributed by atoms with van der Waals surface area (Å²) in [5.74, 6) is 1.34. The Hall–Kier alpha value is -0.860. The van der Waals surface area contributed by atoms with E-state index in [0.29, 0.717) is 12.0 Å². The normalized spacial score (nSPS) is 24.3. The molecule has 1 aliphatic rings. The van der Waals surface area contributed by atoms with E-state index >= 15 is 0 Å². The summed E-state index contributed by atoms with van der Waals surface area (Å²) in [6.07, 6.45) is 2.41. The molecule has 1 aliphatic heterocycles. The summed E-state index contributed by atoms with van der Waals surface area (Å²) in [7, 11) is 0. The third-order valence-corrected chi connectivity index (χ3v) is 4.30. The van der Waals surface area contributed by atoms with Crippen LogP contribution in [0.4, 0.5) is 0 Å². The van der Waals surface area contributed by atoms with Gasteiger partial charge in [-0.05, 0) is 55.4 Å². The highest BCUT2D eigenvalue weighted by Gasteiger charge is 2.33. The predicted molar refractivity (Wildman–Crippen MR) is 82.1 cm³/mol. The van der Waals surface area contributed by atoms with Crippen LogP contribution in [-0.2, 0) is 6.42 Å². The SMILES string of the molecule is CCN1CCC(CN)C1c1ccc(CC(C)C)cc1. The average Bonchev–Trinajstić information content (AvgIpc) is 2.82. The van der Waals surface area contributed by atoms with Crippen molar-refractivity contribution in [2.24, 2.45) is 17.6 Å². The molecule has 0 spiro atoms. The van der Waals surface area contributed by atoms with Gasteiger partial charge in [-0.1, -0.05) is 45.0 Å². The lowest BCUT2D eigenvalue weighted by molar-refractivity contribution is 0.242. The average molecular weight is 260 g/mol. The molecule has 0 bridgehead atoms. The van der Waals surface area contributed by atoms with Crippen LogP contribution in [0.15, 0.2) is 24.3 Å². The van der Waals surface area contributed by atoms with E-state index in [0.717, 1.165) is 19.0 Å². The van der Waals surface area contributed by atoms with Gasteiger partial charge in [-0.15, -0.1) is 0 Å². The molecule has 2 rings (SSSR count). The molecule has 1 heterocycles. The van der Waals surface area contributed by atoms with E-state index in [9.17, 15) is 0 Å². The minimum Gasteiger partial charge on any atom is -0.330 e. The first-order chi connectivity index (χ1) is 9.15. The molecule has 1 aromatic carbocycles. The summed E-state index contributed by atoms with van der Waals surface area (Å²) in [4.78, 5) is 2.56. The molecule has 19 heavy (non-hydrogen) atoms. The Morgan fingerprint density at radius 2 is 1.95 bits per heavy atom. The zero-order valence-corrected chi connectivity index (χ0v) is 12.6. The maximum Gasteiger partial charge on any atom is 0.0388 e. The van der Waals surface area contributed by atoms with Crippen LogP contribution in [0.5, 0.6) is 0 Å². The molecule has 1 saturated heterocycles. The fourth-order valence-corrected chi connectivity index (χ4v) is 3.33. The number of nitrogens with two attached hydrogens (primary N) is 1. The monoisotopic (exact) mass is 260 g/mol. The first-order valence-corrected chi connectivity index (χ1v) is 7.68. The van der Waals surface area contributed by atoms with Gasteiger partial charge in [0.05, 0.1) is 0 Å². The van der Waals surface area contributed by atoms with Crippen molar-refractivity contribution in [3.8, 4) is 0 Å². The van der Waals surface area contributed by atoms with Crippen LogP contribution in [0.1, 0.15) is 44.4 Å². The summed E-state index contributed by atoms with van der Waals surface area (Å²) in [6, 6.07) is 9.77. The second kappa shape index (κ2) is 6.53. The van der Waals surface area contributed by atoms with Gasteiger partial charge in [0.15, 0.2) is 0 Å². The van der Waals surface area contributed by atoms with Crippen LogP contribution in [0.2, 0.25) is 0 Å². The minimum atomic E-state index is 0.531. The van der Waals surface area contributed by atoms with Gasteiger partial charge >= 0.3 is 0 Å². The van der Waals surface area contributed by atoms with E-state index in [4.69, 9.17) is 5.73 Å². The molecule has 2 N–H and O–H groups in total. The molecule has 2 nitrogen and oxygen atoms in total. The van der Waals surface area contributed by atoms with E-state index < -0.39 is 0 Å². The number of hydrogen-bond acceptors (Lipinski definition) is 2. The van der Waals surface area contributed by atoms with Gasteiger partial charge in [-0.2, -0.15) is 0 Å². The maximum absolute atomic E-state index is 5.95. The second-order valence-electron chi connectivity index (χ2n) is 6.20. The van der Waals surface area contributed by atoms with E-state index in [2.05, 4.69) is 49.9 Å². The molecule has 106 valence electrons. The van der Waals surface area contributed by atoms with Gasteiger partial charge < -0.3 is 5.73 Å². The molecule has 0 aromatic heterocycles. The van der Waals surface area contributed by atoms with Gasteiger partial charge in [0.25, 0.3) is 0 Å². The highest BCUT2D eigenvalue weighted by atomic mass is 15.2. The molecular formula is C17H28N2. The maximum atomic E-state index is 5.95. The van der Waals surface area contributed by atoms with Gasteiger partial charge in [0.2, 0.25) is 0 Å². The van der Waals surface area contributed by atoms with E-state index in [1.54, 1.807) is 0 Å². The van der Waals surface area contributed by atoms with Crippen molar-refractivity contribution < 1.29 is 0 Å². The number of hydrogen-bond donors (Lipinski definition) is 1. The fourth-order valence-electron chi connectivity index (χ4n) is 3.33. The molecule has 0 radical (unpaired) electrons. The van der Waals surface area contributed by atoms with Crippen LogP contribution < -0.4 is 5.73 Å². The summed E-state index contributed by atoms with van der Waals surface area (Å²) in [6.45, 7) is 9.90. The quantitative estimate of drug-likeness (QED) is 0.880. The van der Waals surface area contributed by atoms with Crippen LogP contribution in [0, 0.1) is 11.8 Å². The van der Waals surface area contributed by atoms with E-state index in [1.807, 2.05) is 0 Å². The minimum absolute atomic E-state index is 0.531. The highest BCUT2D eigenvalue weighted by Crippen LogP contribution is 2.36. The lowest BCUT2D eigenvalue weighted by Gasteiger charge is -2.27. The van der Waals surface area contributed by atoms with Crippen molar-refractivity contribution in [3.63, 3.8) is 0 Å². The van der Waals surface area contributed by atoms with Crippen molar-refractivity contribution in [1.82, 2.24) is 4.90 Å². The van der Waals surface area contributed by atoms with Crippen LogP contribution >= 0.6 is 0 Å². The van der Waals surface area contributed by atoms with Crippen molar-refractivity contribution in [3.05, 3.63) is 35.4 Å². The molecule has 0 saturated carbocycles. The Morgan fingerprint density at radius 1 is 1.26 bits per heavy atom. The standard InChI is InChI=1S/C17H28N2/c1-4-19-10-9-16(12-18)17(19)15-7-5-14(6-8-15)11-13(2)3/h5-8,13,16-17H,4,9-12,18H2,1-3H3. The summed E-state index contributed by atoms with van der Waals surface area (Å²) in [5, 5.41) is 0. The van der Waals surface area contributed by atoms with Crippen molar-refractivity contribution in [2.75, 3.05) is 19.6 Å². The van der Waals surface area contributed by atoms with Crippen LogP contribution in [0.3, 0.4) is 0 Å². The van der Waals surface area contributed by atoms with Gasteiger partial charge in [0.1, 0.15) is 0 Å². The topological polar surface area (TPSA) is 29.3 Å². The molecule has 1 fully saturated rings. The number of rotatable bonds is 5. The third kappa shape index (κ3) is 3.37. The van der Waals surface area contributed by atoms with E-state index in [-0.39, 0.29) is 0 Å². The largest absolute Gasteiger partial charge is 0.330 e. The predicted octanol–water partition coefficient (Wildman–Crippen LogP) is 3.23. The van der Waals surface area contributed by atoms with Crippen molar-refractivity contribution in [1.29, 1.82) is 0 Å². The Labute approximate surface area is 118 Å². The molecular weight excluding hydrogens is 232 g/mol. The third-order valence-electron chi connectivity index (χ3n) is 4.30. The molecule has 0 amide bonds. The Bertz CT molecular complexity index is 371. The lowest BCUT2D eigenvalue weighted by atomic mass is 9.92. The Kier molecular flexibility index (Phi) is 5.00. The van der Waals surface area contributed by atoms with Gasteiger partial charge in [-0.25, -0.2) is 0 Å². The summed E-state index contributed by atoms with van der Waals surface area (Å²) >= 11 is 0. The Morgan fingerprint density at radius 3 is 2.47 bits per heavy atom. The number of likely N-dealkylation sites (tertiary alicyclic amines) is 1. The number of benzene rings is 1. The number of nitrogens with zero attached hydrogens (tertiary/aromatic N) is 1. The summed E-state index contributed by atoms with van der Waals surface area (Å²) in [5.41, 5.74) is 8.84. The molecule has 0 aliphatic carbocycles. The zero-order valence-electron chi connectivity index (χ0n) is 12.6. The smallest absolute Gasteiger partial charge is 0.0388 e. The molecule has 2 atom stereocenters. The molecule has 1 aromatic rings. The highest BCUT2D eigenvalue weighted by molar-refractivity contribution is 5.27. The fraction of sp³-hybridized carbons (Fsp3) is 0.647. The van der Waals surface area contributed by atoms with Gasteiger partial charge in [0, 0.05) is 6.04 Å².